The molecule has 4 nitrogen and oxygen atoms in total. The van der Waals surface area contributed by atoms with E-state index in [4.69, 9.17) is 0 Å². The van der Waals surface area contributed by atoms with Crippen LogP contribution < -0.4 is 38.8 Å². The second-order valence-corrected chi connectivity index (χ2v) is 7.61. The van der Waals surface area contributed by atoms with Crippen LogP contribution in [0.4, 0.5) is 0 Å². The van der Waals surface area contributed by atoms with Crippen molar-refractivity contribution in [2.45, 2.75) is 26.6 Å². The number of aryl methyl sites for hydroxylation is 2. The van der Waals surface area contributed by atoms with Crippen molar-refractivity contribution in [2.24, 2.45) is 0 Å². The molecule has 142 valence electrons. The van der Waals surface area contributed by atoms with E-state index in [0.29, 0.717) is 0 Å². The molecule has 0 N–H and O–H groups in total. The van der Waals surface area contributed by atoms with Crippen molar-refractivity contribution in [3.63, 3.8) is 0 Å². The molecule has 2 aromatic heterocycles. The number of benzene rings is 1. The lowest BCUT2D eigenvalue weighted by molar-refractivity contribution is -0.701. The first-order chi connectivity index (χ1) is 11.9. The molecule has 1 aromatic carbocycles. The fraction of sp³-hybridized carbons (Fsp3) is 0.200. The molecule has 2 atom stereocenters. The number of hydrogen-bond acceptors (Lipinski definition) is 2. The summed E-state index contributed by atoms with van der Waals surface area (Å²) in [5.41, 5.74) is 5.77. The summed E-state index contributed by atoms with van der Waals surface area (Å²) in [6.45, 7) is 5.86. The molecule has 0 aliphatic heterocycles. The van der Waals surface area contributed by atoms with E-state index in [-0.39, 0.29) is 24.8 Å². The first-order valence-electron chi connectivity index (χ1n) is 8.19. The topological polar surface area (TPSA) is 47.9 Å². The largest absolute Gasteiger partial charge is 1.00 e. The zero-order valence-electron chi connectivity index (χ0n) is 15.3. The third kappa shape index (κ3) is 5.57. The summed E-state index contributed by atoms with van der Waals surface area (Å²) in [6, 6.07) is 14.5. The van der Waals surface area contributed by atoms with Gasteiger partial charge in [0, 0.05) is 43.3 Å². The van der Waals surface area contributed by atoms with Gasteiger partial charge >= 0.3 is 13.8 Å². The summed E-state index contributed by atoms with van der Waals surface area (Å²) in [7, 11) is -2.48. The average Bonchev–Trinajstić information content (AvgIpc) is 2.60. The summed E-state index contributed by atoms with van der Waals surface area (Å²) in [6.07, 6.45) is 7.69. The van der Waals surface area contributed by atoms with Gasteiger partial charge in [-0.2, -0.15) is 9.13 Å². The molecule has 0 spiro atoms. The summed E-state index contributed by atoms with van der Waals surface area (Å²) in [4.78, 5) is 11.1. The van der Waals surface area contributed by atoms with Crippen molar-refractivity contribution >= 4 is 8.03 Å². The van der Waals surface area contributed by atoms with Crippen LogP contribution in [-0.2, 0) is 4.57 Å². The number of hydrogen-bond donors (Lipinski definition) is 0. The third-order valence-electron chi connectivity index (χ3n) is 4.26. The first kappa shape index (κ1) is 23.2. The summed E-state index contributed by atoms with van der Waals surface area (Å²) in [5, 5.41) is 0. The molecule has 3 aromatic rings. The molecule has 0 saturated heterocycles. The Bertz CT molecular complexity index is 896. The molecule has 0 amide bonds. The third-order valence-corrected chi connectivity index (χ3v) is 5.13. The molecule has 27 heavy (non-hydrogen) atoms. The number of rotatable bonds is 4. The average molecular weight is 423 g/mol. The van der Waals surface area contributed by atoms with Crippen LogP contribution >= 0.6 is 8.03 Å². The van der Waals surface area contributed by atoms with Gasteiger partial charge in [-0.3, -0.25) is 0 Å². The van der Waals surface area contributed by atoms with Crippen molar-refractivity contribution in [3.05, 3.63) is 78.4 Å². The van der Waals surface area contributed by atoms with Crippen LogP contribution in [-0.4, -0.2) is 0 Å². The maximum Gasteiger partial charge on any atom is 0.384 e. The van der Waals surface area contributed by atoms with Gasteiger partial charge in [0.15, 0.2) is 24.8 Å². The van der Waals surface area contributed by atoms with Gasteiger partial charge in [0.2, 0.25) is 5.69 Å². The van der Waals surface area contributed by atoms with Crippen molar-refractivity contribution in [1.29, 1.82) is 0 Å². The Kier molecular flexibility index (Phi) is 8.52. The summed E-state index contributed by atoms with van der Waals surface area (Å²) >= 11 is 0. The van der Waals surface area contributed by atoms with Crippen LogP contribution in [0.2, 0.25) is 0 Å². The minimum absolute atomic E-state index is 0. The fourth-order valence-electron chi connectivity index (χ4n) is 2.88. The maximum atomic E-state index is 11.1. The van der Waals surface area contributed by atoms with E-state index < -0.39 is 13.8 Å². The van der Waals surface area contributed by atoms with E-state index in [1.54, 1.807) is 23.9 Å². The first-order valence-corrected chi connectivity index (χ1v) is 9.43. The molecule has 2 heterocycles. The highest BCUT2D eigenvalue weighted by atomic mass is 35.5. The minimum Gasteiger partial charge on any atom is -1.00 e. The molecule has 0 bridgehead atoms. The minimum atomic E-state index is -2.48. The lowest BCUT2D eigenvalue weighted by Gasteiger charge is -2.03. The lowest BCUT2D eigenvalue weighted by atomic mass is 10.1. The van der Waals surface area contributed by atoms with E-state index >= 15 is 0 Å². The smallest absolute Gasteiger partial charge is 0.384 e. The predicted molar refractivity (Wildman–Crippen MR) is 95.4 cm³/mol. The molecular formula is C20H21Cl2N2O2P. The number of nitrogens with zero attached hydrogens (tertiary/aromatic N) is 2. The Labute approximate surface area is 173 Å². The van der Waals surface area contributed by atoms with Gasteiger partial charge in [0.25, 0.3) is 0 Å². The van der Waals surface area contributed by atoms with E-state index in [9.17, 15) is 9.46 Å². The monoisotopic (exact) mass is 422 g/mol. The van der Waals surface area contributed by atoms with Crippen LogP contribution in [0.1, 0.15) is 23.8 Å². The lowest BCUT2D eigenvalue weighted by Crippen LogP contribution is -3.00. The molecule has 0 radical (unpaired) electrons. The standard InChI is InChI=1S/C20H21N2O2P.2ClH/c1-15-12-16(2)14-20(13-15)22-10-6-19(7-11-22)18-4-8-21(9-5-18)17(3)25(23)24;;/h4-14,17H,1-3H3;2*1H/q+2;;/p-2. The fourth-order valence-corrected chi connectivity index (χ4v) is 3.25. The normalized spacial score (nSPS) is 11.8. The predicted octanol–water partition coefficient (Wildman–Crippen LogP) is -2.84. The molecule has 3 rings (SSSR count). The van der Waals surface area contributed by atoms with E-state index in [0.717, 1.165) is 16.8 Å². The van der Waals surface area contributed by atoms with E-state index in [2.05, 4.69) is 48.7 Å². The SMILES string of the molecule is Cc1cc(C)cc(-[n+]2ccc(-c3cc[n+](C(C)[P+](=O)[O-])cc3)cc2)c1.[Cl-].[Cl-]. The van der Waals surface area contributed by atoms with Crippen LogP contribution in [0.5, 0.6) is 0 Å². The second-order valence-electron chi connectivity index (χ2n) is 6.29. The Balaban J connectivity index is 0.00000182. The molecule has 2 unspecified atom stereocenters. The molecule has 0 saturated carbocycles. The van der Waals surface area contributed by atoms with Gasteiger partial charge in [-0.15, -0.1) is 0 Å². The van der Waals surface area contributed by atoms with Crippen molar-refractivity contribution in [1.82, 2.24) is 0 Å². The van der Waals surface area contributed by atoms with Crippen LogP contribution in [0.3, 0.4) is 0 Å². The molecule has 7 heteroatoms. The number of halogens is 2. The Hall–Kier alpha value is -1.84. The van der Waals surface area contributed by atoms with Gasteiger partial charge < -0.3 is 29.7 Å². The highest BCUT2D eigenvalue weighted by Crippen LogP contribution is 2.23. The summed E-state index contributed by atoms with van der Waals surface area (Å²) in [5.74, 6) is -0.536. The number of aromatic nitrogens is 2. The van der Waals surface area contributed by atoms with Gasteiger partial charge in [-0.1, -0.05) is 10.6 Å². The number of pyridine rings is 2. The molecule has 0 aliphatic rings. The van der Waals surface area contributed by atoms with Crippen molar-refractivity contribution in [3.8, 4) is 16.8 Å². The van der Waals surface area contributed by atoms with Gasteiger partial charge in [-0.05, 0) is 36.1 Å². The molecular weight excluding hydrogens is 402 g/mol. The highest BCUT2D eigenvalue weighted by molar-refractivity contribution is 7.36. The quantitative estimate of drug-likeness (QED) is 0.336. The Morgan fingerprint density at radius 2 is 1.30 bits per heavy atom. The van der Waals surface area contributed by atoms with E-state index in [1.165, 1.54) is 11.1 Å². The second kappa shape index (κ2) is 9.91. The summed E-state index contributed by atoms with van der Waals surface area (Å²) < 4.78 is 14.9. The van der Waals surface area contributed by atoms with E-state index in [1.807, 2.05) is 24.5 Å². The van der Waals surface area contributed by atoms with Crippen LogP contribution in [0, 0.1) is 13.8 Å². The van der Waals surface area contributed by atoms with Crippen molar-refractivity contribution < 1.29 is 43.4 Å². The van der Waals surface area contributed by atoms with Crippen LogP contribution in [0.15, 0.2) is 67.3 Å². The molecule has 0 aliphatic carbocycles. The van der Waals surface area contributed by atoms with Crippen molar-refractivity contribution in [2.75, 3.05) is 0 Å². The van der Waals surface area contributed by atoms with Gasteiger partial charge in [0.05, 0.1) is 0 Å². The zero-order valence-corrected chi connectivity index (χ0v) is 17.7. The zero-order chi connectivity index (χ0) is 18.0. The Morgan fingerprint density at radius 3 is 1.74 bits per heavy atom. The van der Waals surface area contributed by atoms with Crippen LogP contribution in [0.25, 0.3) is 16.8 Å². The maximum absolute atomic E-state index is 11.1. The highest BCUT2D eigenvalue weighted by Gasteiger charge is 2.24. The Morgan fingerprint density at radius 1 is 0.852 bits per heavy atom. The van der Waals surface area contributed by atoms with Gasteiger partial charge in [-0.25, -0.2) is 0 Å². The molecule has 0 fully saturated rings. The van der Waals surface area contributed by atoms with Gasteiger partial charge in [0.1, 0.15) is 0 Å².